The molecule has 1 aromatic rings. The lowest BCUT2D eigenvalue weighted by molar-refractivity contribution is -0.118. The zero-order valence-corrected chi connectivity index (χ0v) is 8.38. The number of aromatic nitrogens is 1. The van der Waals surface area contributed by atoms with E-state index >= 15 is 0 Å². The van der Waals surface area contributed by atoms with Crippen LogP contribution in [0.2, 0.25) is 5.02 Å². The summed E-state index contributed by atoms with van der Waals surface area (Å²) in [6.45, 7) is 1.62. The zero-order valence-electron chi connectivity index (χ0n) is 7.62. The molecule has 1 atom stereocenters. The lowest BCUT2D eigenvalue weighted by Crippen LogP contribution is -2.32. The normalized spacial score (nSPS) is 12.1. The minimum atomic E-state index is -0.524. The van der Waals surface area contributed by atoms with Crippen LogP contribution in [0.25, 0.3) is 0 Å². The molecule has 0 bridgehead atoms. The van der Waals surface area contributed by atoms with Crippen molar-refractivity contribution in [3.63, 3.8) is 0 Å². The van der Waals surface area contributed by atoms with E-state index in [2.05, 4.69) is 10.3 Å². The molecule has 1 rings (SSSR count). The molecule has 0 fully saturated rings. The number of primary amides is 1. The predicted molar refractivity (Wildman–Crippen MR) is 55.9 cm³/mol. The fourth-order valence-electron chi connectivity index (χ4n) is 0.835. The van der Waals surface area contributed by atoms with Gasteiger partial charge in [0.25, 0.3) is 0 Å². The molecule has 0 saturated heterocycles. The smallest absolute Gasteiger partial charge is 0.239 e. The first-order chi connectivity index (χ1) is 6.50. The first kappa shape index (κ1) is 10.6. The highest BCUT2D eigenvalue weighted by Gasteiger charge is 2.10. The van der Waals surface area contributed by atoms with Gasteiger partial charge in [0, 0.05) is 0 Å². The van der Waals surface area contributed by atoms with Crippen molar-refractivity contribution in [2.24, 2.45) is 5.73 Å². The number of carbonyl (C=O) groups is 1. The maximum atomic E-state index is 10.7. The van der Waals surface area contributed by atoms with Gasteiger partial charge in [-0.1, -0.05) is 11.6 Å². The number of nitrogens with zero attached hydrogens (tertiary/aromatic N) is 1. The van der Waals surface area contributed by atoms with Gasteiger partial charge in [-0.05, 0) is 13.0 Å². The van der Waals surface area contributed by atoms with Crippen molar-refractivity contribution in [1.29, 1.82) is 0 Å². The van der Waals surface area contributed by atoms with Gasteiger partial charge in [-0.3, -0.25) is 4.79 Å². The number of nitrogens with two attached hydrogens (primary N) is 2. The van der Waals surface area contributed by atoms with E-state index in [-0.39, 0.29) is 0 Å². The SMILES string of the molecule is CC(Nc1ncc(N)cc1Cl)C(N)=O. The number of hydrogen-bond acceptors (Lipinski definition) is 4. The van der Waals surface area contributed by atoms with Crippen LogP contribution >= 0.6 is 11.6 Å². The summed E-state index contributed by atoms with van der Waals surface area (Å²) in [4.78, 5) is 14.7. The van der Waals surface area contributed by atoms with Crippen molar-refractivity contribution in [2.75, 3.05) is 11.1 Å². The average Bonchev–Trinajstić information content (AvgIpc) is 2.09. The van der Waals surface area contributed by atoms with E-state index in [0.717, 1.165) is 0 Å². The zero-order chi connectivity index (χ0) is 10.7. The van der Waals surface area contributed by atoms with Gasteiger partial charge in [-0.15, -0.1) is 0 Å². The lowest BCUT2D eigenvalue weighted by atomic mass is 10.3. The molecule has 1 aromatic heterocycles. The third kappa shape index (κ3) is 2.50. The van der Waals surface area contributed by atoms with Gasteiger partial charge in [-0.2, -0.15) is 0 Å². The quantitative estimate of drug-likeness (QED) is 0.687. The minimum Gasteiger partial charge on any atom is -0.397 e. The van der Waals surface area contributed by atoms with Crippen molar-refractivity contribution >= 4 is 29.0 Å². The lowest BCUT2D eigenvalue weighted by Gasteiger charge is -2.11. The highest BCUT2D eigenvalue weighted by Crippen LogP contribution is 2.21. The Morgan fingerprint density at radius 2 is 2.36 bits per heavy atom. The van der Waals surface area contributed by atoms with Gasteiger partial charge in [0.15, 0.2) is 0 Å². The fourth-order valence-corrected chi connectivity index (χ4v) is 1.06. The predicted octanol–water partition coefficient (Wildman–Crippen LogP) is 0.603. The molecule has 5 N–H and O–H groups in total. The van der Waals surface area contributed by atoms with Crippen LogP contribution in [-0.4, -0.2) is 16.9 Å². The molecule has 76 valence electrons. The number of nitrogens with one attached hydrogen (secondary N) is 1. The maximum Gasteiger partial charge on any atom is 0.239 e. The van der Waals surface area contributed by atoms with Crippen molar-refractivity contribution in [3.05, 3.63) is 17.3 Å². The van der Waals surface area contributed by atoms with Crippen LogP contribution in [0.3, 0.4) is 0 Å². The van der Waals surface area contributed by atoms with E-state index in [1.54, 1.807) is 13.0 Å². The molecule has 0 aromatic carbocycles. The van der Waals surface area contributed by atoms with E-state index in [4.69, 9.17) is 23.1 Å². The average molecular weight is 215 g/mol. The topological polar surface area (TPSA) is 94.0 Å². The summed E-state index contributed by atoms with van der Waals surface area (Å²) in [5.41, 5.74) is 11.0. The molecule has 0 aliphatic carbocycles. The van der Waals surface area contributed by atoms with Crippen molar-refractivity contribution in [3.8, 4) is 0 Å². The molecule has 1 unspecified atom stereocenters. The summed E-state index contributed by atoms with van der Waals surface area (Å²) in [7, 11) is 0. The molecule has 0 saturated carbocycles. The monoisotopic (exact) mass is 214 g/mol. The van der Waals surface area contributed by atoms with Crippen LogP contribution < -0.4 is 16.8 Å². The number of carbonyl (C=O) groups excluding carboxylic acids is 1. The van der Waals surface area contributed by atoms with Crippen LogP contribution in [-0.2, 0) is 4.79 Å². The molecule has 5 nitrogen and oxygen atoms in total. The third-order valence-electron chi connectivity index (χ3n) is 1.64. The second kappa shape index (κ2) is 4.15. The molecule has 0 aliphatic rings. The number of amides is 1. The molecule has 0 aliphatic heterocycles. The number of pyridine rings is 1. The van der Waals surface area contributed by atoms with Gasteiger partial charge in [0.1, 0.15) is 11.9 Å². The Morgan fingerprint density at radius 3 is 2.86 bits per heavy atom. The number of halogens is 1. The molecule has 0 radical (unpaired) electrons. The Bertz CT molecular complexity index is 355. The van der Waals surface area contributed by atoms with Gasteiger partial charge in [0.2, 0.25) is 5.91 Å². The summed E-state index contributed by atoms with van der Waals surface area (Å²) in [5.74, 6) is -0.0770. The van der Waals surface area contributed by atoms with Crippen LogP contribution in [0.4, 0.5) is 11.5 Å². The number of anilines is 2. The fraction of sp³-hybridized carbons (Fsp3) is 0.250. The Balaban J connectivity index is 2.82. The van der Waals surface area contributed by atoms with E-state index < -0.39 is 11.9 Å². The Morgan fingerprint density at radius 1 is 1.71 bits per heavy atom. The van der Waals surface area contributed by atoms with Crippen molar-refractivity contribution in [2.45, 2.75) is 13.0 Å². The molecular formula is C8H11ClN4O. The van der Waals surface area contributed by atoms with Crippen LogP contribution in [0.5, 0.6) is 0 Å². The number of nitrogen functional groups attached to an aromatic ring is 1. The molecular weight excluding hydrogens is 204 g/mol. The van der Waals surface area contributed by atoms with E-state index in [9.17, 15) is 4.79 Å². The number of hydrogen-bond donors (Lipinski definition) is 3. The second-order valence-electron chi connectivity index (χ2n) is 2.87. The van der Waals surface area contributed by atoms with Gasteiger partial charge < -0.3 is 16.8 Å². The van der Waals surface area contributed by atoms with Gasteiger partial charge in [-0.25, -0.2) is 4.98 Å². The van der Waals surface area contributed by atoms with Crippen LogP contribution in [0.15, 0.2) is 12.3 Å². The summed E-state index contributed by atoms with van der Waals surface area (Å²) < 4.78 is 0. The highest BCUT2D eigenvalue weighted by molar-refractivity contribution is 6.33. The Kier molecular flexibility index (Phi) is 3.14. The second-order valence-corrected chi connectivity index (χ2v) is 3.27. The molecule has 1 amide bonds. The molecule has 6 heteroatoms. The summed E-state index contributed by atoms with van der Waals surface area (Å²) in [5, 5.41) is 3.12. The third-order valence-corrected chi connectivity index (χ3v) is 1.93. The van der Waals surface area contributed by atoms with Gasteiger partial charge in [0.05, 0.1) is 16.9 Å². The molecule has 14 heavy (non-hydrogen) atoms. The van der Waals surface area contributed by atoms with Gasteiger partial charge >= 0.3 is 0 Å². The van der Waals surface area contributed by atoms with Crippen molar-refractivity contribution < 1.29 is 4.79 Å². The first-order valence-electron chi connectivity index (χ1n) is 3.97. The summed E-state index contributed by atoms with van der Waals surface area (Å²) in [6, 6.07) is 1.02. The largest absolute Gasteiger partial charge is 0.397 e. The van der Waals surface area contributed by atoms with E-state index in [0.29, 0.717) is 16.5 Å². The minimum absolute atomic E-state index is 0.359. The van der Waals surface area contributed by atoms with Crippen molar-refractivity contribution in [1.82, 2.24) is 4.98 Å². The standard InChI is InChI=1S/C8H11ClN4O/c1-4(7(11)14)13-8-6(9)2-5(10)3-12-8/h2-4H,10H2,1H3,(H2,11,14)(H,12,13). The summed E-state index contributed by atoms with van der Waals surface area (Å²) in [6.07, 6.45) is 1.45. The summed E-state index contributed by atoms with van der Waals surface area (Å²) >= 11 is 5.82. The Labute approximate surface area is 86.4 Å². The number of rotatable bonds is 3. The Hall–Kier alpha value is -1.49. The molecule has 0 spiro atoms. The molecule has 1 heterocycles. The van der Waals surface area contributed by atoms with E-state index in [1.165, 1.54) is 6.20 Å². The van der Waals surface area contributed by atoms with Crippen LogP contribution in [0, 0.1) is 0 Å². The van der Waals surface area contributed by atoms with E-state index in [1.807, 2.05) is 0 Å². The van der Waals surface area contributed by atoms with Crippen LogP contribution in [0.1, 0.15) is 6.92 Å². The maximum absolute atomic E-state index is 10.7. The highest BCUT2D eigenvalue weighted by atomic mass is 35.5. The first-order valence-corrected chi connectivity index (χ1v) is 4.35.